The SMILES string of the molecule is CC1=CC(=O)C2=C(C1=O)[C@@H](c1ccc(O)cc1Cl)C1=CC[C@@H]3C(=O)N(CCCC(=O)O)C(=O)[C@@H]3[C@@H]1C2. The molecule has 0 aromatic heterocycles. The van der Waals surface area contributed by atoms with Crippen molar-refractivity contribution in [3.8, 4) is 5.75 Å². The number of aromatic hydroxyl groups is 1. The highest BCUT2D eigenvalue weighted by Crippen LogP contribution is 2.56. The third kappa shape index (κ3) is 3.71. The van der Waals surface area contributed by atoms with Gasteiger partial charge in [-0.2, -0.15) is 0 Å². The fraction of sp³-hybridized carbons (Fsp3) is 0.370. The van der Waals surface area contributed by atoms with E-state index in [0.29, 0.717) is 28.7 Å². The number of benzene rings is 1. The van der Waals surface area contributed by atoms with Gasteiger partial charge in [0, 0.05) is 40.6 Å². The highest BCUT2D eigenvalue weighted by molar-refractivity contribution is 6.32. The number of nitrogens with zero attached hydrogens (tertiary/aromatic N) is 1. The van der Waals surface area contributed by atoms with E-state index >= 15 is 0 Å². The van der Waals surface area contributed by atoms with Crippen LogP contribution in [0.4, 0.5) is 0 Å². The second kappa shape index (κ2) is 8.85. The summed E-state index contributed by atoms with van der Waals surface area (Å²) in [6.45, 7) is 1.62. The molecule has 186 valence electrons. The van der Waals surface area contributed by atoms with Crippen LogP contribution in [0.5, 0.6) is 5.75 Å². The lowest BCUT2D eigenvalue weighted by Crippen LogP contribution is -2.40. The molecule has 3 aliphatic carbocycles. The maximum atomic E-state index is 13.5. The van der Waals surface area contributed by atoms with Crippen LogP contribution in [0.25, 0.3) is 0 Å². The van der Waals surface area contributed by atoms with E-state index in [1.807, 2.05) is 6.08 Å². The lowest BCUT2D eigenvalue weighted by atomic mass is 9.59. The average molecular weight is 510 g/mol. The van der Waals surface area contributed by atoms with E-state index in [4.69, 9.17) is 16.7 Å². The number of aliphatic carboxylic acids is 1. The van der Waals surface area contributed by atoms with Crippen molar-refractivity contribution in [2.75, 3.05) is 6.54 Å². The fourth-order valence-corrected chi connectivity index (χ4v) is 6.42. The molecule has 36 heavy (non-hydrogen) atoms. The predicted octanol–water partition coefficient (Wildman–Crippen LogP) is 3.34. The number of fused-ring (bicyclic) bond motifs is 3. The number of amides is 2. The van der Waals surface area contributed by atoms with Crippen molar-refractivity contribution in [1.29, 1.82) is 0 Å². The Balaban J connectivity index is 1.59. The maximum Gasteiger partial charge on any atom is 0.303 e. The normalized spacial score (nSPS) is 27.4. The number of carbonyl (C=O) groups excluding carboxylic acids is 4. The molecular weight excluding hydrogens is 486 g/mol. The van der Waals surface area contributed by atoms with Gasteiger partial charge in [-0.3, -0.25) is 28.9 Å². The number of imide groups is 1. The Morgan fingerprint density at radius 3 is 2.58 bits per heavy atom. The van der Waals surface area contributed by atoms with E-state index in [9.17, 15) is 29.1 Å². The summed E-state index contributed by atoms with van der Waals surface area (Å²) in [5.74, 6) is -4.76. The van der Waals surface area contributed by atoms with Crippen LogP contribution in [0.15, 0.2) is 52.6 Å². The van der Waals surface area contributed by atoms with Crippen molar-refractivity contribution in [2.45, 2.75) is 38.5 Å². The first-order valence-corrected chi connectivity index (χ1v) is 12.2. The quantitative estimate of drug-likeness (QED) is 0.354. The number of halogens is 1. The molecule has 2 amide bonds. The zero-order valence-electron chi connectivity index (χ0n) is 19.5. The number of carbonyl (C=O) groups is 5. The van der Waals surface area contributed by atoms with Crippen molar-refractivity contribution in [2.24, 2.45) is 17.8 Å². The van der Waals surface area contributed by atoms with Crippen molar-refractivity contribution in [3.05, 3.63) is 63.2 Å². The Kier molecular flexibility index (Phi) is 5.95. The third-order valence-electron chi connectivity index (χ3n) is 7.72. The second-order valence-corrected chi connectivity index (χ2v) is 10.2. The number of rotatable bonds is 5. The van der Waals surface area contributed by atoms with Gasteiger partial charge in [0.2, 0.25) is 11.8 Å². The Hall–Kier alpha value is -3.52. The molecule has 1 aromatic rings. The van der Waals surface area contributed by atoms with E-state index in [2.05, 4.69) is 0 Å². The van der Waals surface area contributed by atoms with E-state index in [0.717, 1.165) is 10.5 Å². The molecule has 0 spiro atoms. The van der Waals surface area contributed by atoms with Crippen LogP contribution < -0.4 is 0 Å². The van der Waals surface area contributed by atoms with Gasteiger partial charge in [-0.25, -0.2) is 0 Å². The molecule has 5 rings (SSSR count). The number of Topliss-reactive ketones (excluding diaryl/α,β-unsaturated/α-hetero) is 1. The number of likely N-dealkylation sites (tertiary alicyclic amines) is 1. The first kappa shape index (κ1) is 24.2. The third-order valence-corrected chi connectivity index (χ3v) is 8.05. The monoisotopic (exact) mass is 509 g/mol. The second-order valence-electron chi connectivity index (χ2n) is 9.76. The van der Waals surface area contributed by atoms with E-state index in [1.165, 1.54) is 18.2 Å². The summed E-state index contributed by atoms with van der Waals surface area (Å²) in [4.78, 5) is 65.1. The van der Waals surface area contributed by atoms with E-state index < -0.39 is 29.6 Å². The zero-order valence-corrected chi connectivity index (χ0v) is 20.2. The molecule has 1 fully saturated rings. The number of carboxylic acids is 1. The highest BCUT2D eigenvalue weighted by Gasteiger charge is 2.56. The van der Waals surface area contributed by atoms with Gasteiger partial charge in [0.15, 0.2) is 11.6 Å². The standard InChI is InChI=1S/C27H24ClNO7/c1-12-9-20(31)18-11-17-14(22(24(18)25(12)34)15-5-4-13(30)10-19(15)28)6-7-16-23(17)27(36)29(26(16)35)8-2-3-21(32)33/h4-6,9-10,16-17,22-23,30H,2-3,7-8,11H2,1H3,(H,32,33)/t16-,17+,22+,23-/m0/s1. The van der Waals surface area contributed by atoms with Gasteiger partial charge in [-0.1, -0.05) is 29.3 Å². The summed E-state index contributed by atoms with van der Waals surface area (Å²) in [6.07, 6.45) is 3.66. The molecule has 9 heteroatoms. The molecule has 0 saturated carbocycles. The summed E-state index contributed by atoms with van der Waals surface area (Å²) < 4.78 is 0. The van der Waals surface area contributed by atoms with Crippen molar-refractivity contribution >= 4 is 41.0 Å². The summed E-state index contributed by atoms with van der Waals surface area (Å²) in [5, 5.41) is 19.1. The number of ketones is 2. The van der Waals surface area contributed by atoms with Gasteiger partial charge in [0.05, 0.1) is 11.8 Å². The number of hydrogen-bond donors (Lipinski definition) is 2. The van der Waals surface area contributed by atoms with Crippen LogP contribution in [0.3, 0.4) is 0 Å². The minimum absolute atomic E-state index is 0.0273. The summed E-state index contributed by atoms with van der Waals surface area (Å²) in [5.41, 5.74) is 2.30. The Morgan fingerprint density at radius 1 is 1.14 bits per heavy atom. The van der Waals surface area contributed by atoms with Crippen LogP contribution >= 0.6 is 11.6 Å². The molecule has 0 unspecified atom stereocenters. The molecule has 0 bridgehead atoms. The van der Waals surface area contributed by atoms with Crippen LogP contribution in [-0.4, -0.2) is 51.0 Å². The minimum Gasteiger partial charge on any atom is -0.508 e. The van der Waals surface area contributed by atoms with Crippen LogP contribution in [0.1, 0.15) is 44.1 Å². The van der Waals surface area contributed by atoms with Gasteiger partial charge in [-0.15, -0.1) is 0 Å². The summed E-state index contributed by atoms with van der Waals surface area (Å²) >= 11 is 6.52. The number of hydrogen-bond acceptors (Lipinski definition) is 6. The van der Waals surface area contributed by atoms with Crippen molar-refractivity contribution < 1.29 is 34.2 Å². The largest absolute Gasteiger partial charge is 0.508 e. The van der Waals surface area contributed by atoms with Gasteiger partial charge >= 0.3 is 5.97 Å². The molecular formula is C27H24ClNO7. The fourth-order valence-electron chi connectivity index (χ4n) is 6.14. The van der Waals surface area contributed by atoms with Gasteiger partial charge in [-0.05, 0) is 55.9 Å². The first-order valence-electron chi connectivity index (χ1n) is 11.9. The average Bonchev–Trinajstić information content (AvgIpc) is 3.06. The molecule has 1 heterocycles. The first-order chi connectivity index (χ1) is 17.1. The number of phenolic OH excluding ortho intramolecular Hbond substituents is 1. The maximum absolute atomic E-state index is 13.5. The molecule has 4 aliphatic rings. The van der Waals surface area contributed by atoms with Crippen LogP contribution in [-0.2, 0) is 24.0 Å². The van der Waals surface area contributed by atoms with E-state index in [-0.39, 0.29) is 60.0 Å². The summed E-state index contributed by atoms with van der Waals surface area (Å²) in [6, 6.07) is 4.45. The van der Waals surface area contributed by atoms with Gasteiger partial charge in [0.1, 0.15) is 5.75 Å². The minimum atomic E-state index is -1.00. The van der Waals surface area contributed by atoms with Gasteiger partial charge in [0.25, 0.3) is 0 Å². The van der Waals surface area contributed by atoms with Crippen LogP contribution in [0.2, 0.25) is 5.02 Å². The van der Waals surface area contributed by atoms with Crippen molar-refractivity contribution in [3.63, 3.8) is 0 Å². The molecule has 4 atom stereocenters. The molecule has 1 saturated heterocycles. The topological polar surface area (TPSA) is 129 Å². The smallest absolute Gasteiger partial charge is 0.303 e. The van der Waals surface area contributed by atoms with Crippen molar-refractivity contribution in [1.82, 2.24) is 4.90 Å². The van der Waals surface area contributed by atoms with E-state index in [1.54, 1.807) is 13.0 Å². The molecule has 1 aliphatic heterocycles. The predicted molar refractivity (Wildman–Crippen MR) is 128 cm³/mol. The van der Waals surface area contributed by atoms with Crippen LogP contribution in [0, 0.1) is 17.8 Å². The lowest BCUT2D eigenvalue weighted by Gasteiger charge is -2.42. The van der Waals surface area contributed by atoms with Gasteiger partial charge < -0.3 is 10.2 Å². The zero-order chi connectivity index (χ0) is 25.9. The Labute approximate surface area is 211 Å². The molecule has 2 N–H and O–H groups in total. The highest BCUT2D eigenvalue weighted by atomic mass is 35.5. The number of carboxylic acid groups (broad SMARTS) is 1. The number of phenols is 1. The summed E-state index contributed by atoms with van der Waals surface area (Å²) in [7, 11) is 0. The number of allylic oxidation sites excluding steroid dienone is 6. The lowest BCUT2D eigenvalue weighted by molar-refractivity contribution is -0.142. The molecule has 1 aromatic carbocycles. The molecule has 8 nitrogen and oxygen atoms in total. The Bertz CT molecular complexity index is 1340. The molecule has 0 radical (unpaired) electrons. The Morgan fingerprint density at radius 2 is 1.89 bits per heavy atom.